The average molecular weight is 265 g/mol. The smallest absolute Gasteiger partial charge is 0.339 e. The Kier molecular flexibility index (Phi) is 3.64. The predicted molar refractivity (Wildman–Crippen MR) is 68.8 cm³/mol. The number of rotatable bonds is 4. The van der Waals surface area contributed by atoms with Gasteiger partial charge in [0.1, 0.15) is 17.1 Å². The number of nitrogens with one attached hydrogen (secondary N) is 1. The van der Waals surface area contributed by atoms with Crippen molar-refractivity contribution in [2.75, 3.05) is 0 Å². The summed E-state index contributed by atoms with van der Waals surface area (Å²) in [5.41, 5.74) is -0.131. The second-order valence-electron chi connectivity index (χ2n) is 5.44. The minimum Gasteiger partial charge on any atom is -0.478 e. The topological polar surface area (TPSA) is 79.5 Å². The molecule has 1 heterocycles. The Balaban J connectivity index is 1.97. The molecule has 0 saturated heterocycles. The molecule has 2 rings (SSSR count). The molecular weight excluding hydrogens is 246 g/mol. The lowest BCUT2D eigenvalue weighted by Crippen LogP contribution is -2.36. The van der Waals surface area contributed by atoms with Gasteiger partial charge in [-0.2, -0.15) is 0 Å². The highest BCUT2D eigenvalue weighted by Gasteiger charge is 2.36. The lowest BCUT2D eigenvalue weighted by Gasteiger charge is -2.21. The molecule has 5 heteroatoms. The summed E-state index contributed by atoms with van der Waals surface area (Å²) in [5, 5.41) is 11.8. The molecule has 0 bridgehead atoms. The summed E-state index contributed by atoms with van der Waals surface area (Å²) in [7, 11) is 0. The third-order valence-electron chi connectivity index (χ3n) is 3.88. The van der Waals surface area contributed by atoms with Crippen molar-refractivity contribution < 1.29 is 19.1 Å². The van der Waals surface area contributed by atoms with Crippen LogP contribution in [0, 0.1) is 12.3 Å². The Hall–Kier alpha value is -1.78. The Morgan fingerprint density at radius 1 is 1.42 bits per heavy atom. The minimum atomic E-state index is -1.01. The van der Waals surface area contributed by atoms with E-state index in [2.05, 4.69) is 5.32 Å². The molecule has 1 amide bonds. The second-order valence-corrected chi connectivity index (χ2v) is 5.44. The molecule has 1 aromatic rings. The first-order valence-corrected chi connectivity index (χ1v) is 6.53. The van der Waals surface area contributed by atoms with Gasteiger partial charge in [0.15, 0.2) is 0 Å². The van der Waals surface area contributed by atoms with Crippen molar-refractivity contribution in [2.45, 2.75) is 46.1 Å². The Bertz CT molecular complexity index is 498. The average Bonchev–Trinajstić information content (AvgIpc) is 2.93. The van der Waals surface area contributed by atoms with Crippen molar-refractivity contribution in [3.05, 3.63) is 23.2 Å². The number of hydrogen-bond donors (Lipinski definition) is 2. The fourth-order valence-corrected chi connectivity index (χ4v) is 2.61. The van der Waals surface area contributed by atoms with Crippen LogP contribution in [0.3, 0.4) is 0 Å². The van der Waals surface area contributed by atoms with Crippen LogP contribution in [-0.2, 0) is 11.3 Å². The molecule has 1 fully saturated rings. The Morgan fingerprint density at radius 2 is 2.05 bits per heavy atom. The Labute approximate surface area is 112 Å². The molecule has 0 radical (unpaired) electrons. The normalized spacial score (nSPS) is 17.4. The highest BCUT2D eigenvalue weighted by Crippen LogP contribution is 2.37. The molecule has 1 aromatic heterocycles. The molecule has 0 aromatic carbocycles. The highest BCUT2D eigenvalue weighted by atomic mass is 16.4. The number of amides is 1. The van der Waals surface area contributed by atoms with E-state index in [1.165, 1.54) is 6.07 Å². The van der Waals surface area contributed by atoms with E-state index in [1.807, 2.05) is 6.92 Å². The van der Waals surface area contributed by atoms with Gasteiger partial charge in [-0.3, -0.25) is 4.79 Å². The summed E-state index contributed by atoms with van der Waals surface area (Å²) in [6, 6.07) is 1.47. The van der Waals surface area contributed by atoms with Crippen LogP contribution in [0.25, 0.3) is 0 Å². The summed E-state index contributed by atoms with van der Waals surface area (Å²) in [5.74, 6) is -0.147. The van der Waals surface area contributed by atoms with Gasteiger partial charge in [0.05, 0.1) is 6.54 Å². The molecule has 0 unspecified atom stereocenters. The fraction of sp³-hybridized carbons (Fsp3) is 0.571. The maximum atomic E-state index is 12.1. The van der Waals surface area contributed by atoms with Gasteiger partial charge < -0.3 is 14.8 Å². The molecule has 0 aliphatic heterocycles. The maximum absolute atomic E-state index is 12.1. The number of hydrogen-bond acceptors (Lipinski definition) is 3. The van der Waals surface area contributed by atoms with Gasteiger partial charge in [-0.25, -0.2) is 4.79 Å². The van der Waals surface area contributed by atoms with Crippen LogP contribution in [0.5, 0.6) is 0 Å². The fourth-order valence-electron chi connectivity index (χ4n) is 2.61. The first-order chi connectivity index (χ1) is 8.92. The standard InChI is InChI=1S/C14H19NO4/c1-9-11(12(16)17)7-10(19-9)8-15-13(18)14(2)5-3-4-6-14/h7H,3-6,8H2,1-2H3,(H,15,18)(H,16,17). The van der Waals surface area contributed by atoms with E-state index in [9.17, 15) is 9.59 Å². The van der Waals surface area contributed by atoms with Gasteiger partial charge in [0.25, 0.3) is 0 Å². The largest absolute Gasteiger partial charge is 0.478 e. The summed E-state index contributed by atoms with van der Waals surface area (Å²) < 4.78 is 5.33. The van der Waals surface area contributed by atoms with Gasteiger partial charge >= 0.3 is 5.97 Å². The predicted octanol–water partition coefficient (Wildman–Crippen LogP) is 2.48. The number of furan rings is 1. The van der Waals surface area contributed by atoms with Gasteiger partial charge in [-0.1, -0.05) is 19.8 Å². The van der Waals surface area contributed by atoms with Crippen LogP contribution in [-0.4, -0.2) is 17.0 Å². The lowest BCUT2D eigenvalue weighted by atomic mass is 9.88. The SMILES string of the molecule is Cc1oc(CNC(=O)C2(C)CCCC2)cc1C(=O)O. The summed E-state index contributed by atoms with van der Waals surface area (Å²) >= 11 is 0. The Morgan fingerprint density at radius 3 is 2.58 bits per heavy atom. The number of carbonyl (C=O) groups excluding carboxylic acids is 1. The van der Waals surface area contributed by atoms with Crippen LogP contribution in [0.2, 0.25) is 0 Å². The number of carboxylic acid groups (broad SMARTS) is 1. The number of carboxylic acids is 1. The number of aromatic carboxylic acids is 1. The third kappa shape index (κ3) is 2.80. The molecular formula is C14H19NO4. The van der Waals surface area contributed by atoms with Gasteiger partial charge in [0.2, 0.25) is 5.91 Å². The van der Waals surface area contributed by atoms with Crippen molar-refractivity contribution in [3.63, 3.8) is 0 Å². The first kappa shape index (κ1) is 13.6. The van der Waals surface area contributed by atoms with E-state index in [4.69, 9.17) is 9.52 Å². The van der Waals surface area contributed by atoms with Crippen molar-refractivity contribution in [3.8, 4) is 0 Å². The van der Waals surface area contributed by atoms with Crippen LogP contribution < -0.4 is 5.32 Å². The van der Waals surface area contributed by atoms with Crippen LogP contribution >= 0.6 is 0 Å². The van der Waals surface area contributed by atoms with Crippen molar-refractivity contribution in [2.24, 2.45) is 5.41 Å². The van der Waals surface area contributed by atoms with E-state index < -0.39 is 5.97 Å². The molecule has 0 atom stereocenters. The molecule has 19 heavy (non-hydrogen) atoms. The van der Waals surface area contributed by atoms with Crippen molar-refractivity contribution in [1.82, 2.24) is 5.32 Å². The quantitative estimate of drug-likeness (QED) is 0.876. The first-order valence-electron chi connectivity index (χ1n) is 6.53. The summed E-state index contributed by atoms with van der Waals surface area (Å²) in [6.07, 6.45) is 4.01. The summed E-state index contributed by atoms with van der Waals surface area (Å²) in [4.78, 5) is 23.0. The van der Waals surface area contributed by atoms with E-state index in [0.717, 1.165) is 25.7 Å². The monoisotopic (exact) mass is 265 g/mol. The molecule has 104 valence electrons. The van der Waals surface area contributed by atoms with Crippen molar-refractivity contribution in [1.29, 1.82) is 0 Å². The number of aryl methyl sites for hydroxylation is 1. The number of carbonyl (C=O) groups is 2. The molecule has 1 aliphatic carbocycles. The lowest BCUT2D eigenvalue weighted by molar-refractivity contribution is -0.130. The van der Waals surface area contributed by atoms with E-state index in [-0.39, 0.29) is 23.4 Å². The van der Waals surface area contributed by atoms with Crippen molar-refractivity contribution >= 4 is 11.9 Å². The van der Waals surface area contributed by atoms with Gasteiger partial charge in [-0.15, -0.1) is 0 Å². The molecule has 1 aliphatic rings. The zero-order chi connectivity index (χ0) is 14.0. The minimum absolute atomic E-state index is 0.0240. The molecule has 5 nitrogen and oxygen atoms in total. The second kappa shape index (κ2) is 5.07. The van der Waals surface area contributed by atoms with E-state index >= 15 is 0 Å². The maximum Gasteiger partial charge on any atom is 0.339 e. The zero-order valence-electron chi connectivity index (χ0n) is 11.3. The van der Waals surface area contributed by atoms with Crippen LogP contribution in [0.1, 0.15) is 54.5 Å². The third-order valence-corrected chi connectivity index (χ3v) is 3.88. The molecule has 2 N–H and O–H groups in total. The van der Waals surface area contributed by atoms with Gasteiger partial charge in [0, 0.05) is 5.41 Å². The van der Waals surface area contributed by atoms with Gasteiger partial charge in [-0.05, 0) is 25.8 Å². The summed E-state index contributed by atoms with van der Waals surface area (Å²) in [6.45, 7) is 3.82. The molecule has 0 spiro atoms. The van der Waals surface area contributed by atoms with E-state index in [1.54, 1.807) is 6.92 Å². The zero-order valence-corrected chi connectivity index (χ0v) is 11.3. The van der Waals surface area contributed by atoms with Crippen LogP contribution in [0.15, 0.2) is 10.5 Å². The molecule has 1 saturated carbocycles. The van der Waals surface area contributed by atoms with E-state index in [0.29, 0.717) is 11.5 Å². The van der Waals surface area contributed by atoms with Crippen LogP contribution in [0.4, 0.5) is 0 Å². The highest BCUT2D eigenvalue weighted by molar-refractivity contribution is 5.88.